The molecule has 2 rings (SSSR count). The fourth-order valence-electron chi connectivity index (χ4n) is 2.31. The lowest BCUT2D eigenvalue weighted by Gasteiger charge is -2.23. The molecule has 1 fully saturated rings. The first-order valence-electron chi connectivity index (χ1n) is 6.41. The van der Waals surface area contributed by atoms with Crippen molar-refractivity contribution in [3.8, 4) is 0 Å². The summed E-state index contributed by atoms with van der Waals surface area (Å²) in [6.45, 7) is 0.770. The molecule has 0 aliphatic carbocycles. The standard InChI is InChI=1S/C14H18F2O2/c15-10-4-6-12(13(16)9-10)14(17)7-5-11-3-1-2-8-18-11/h4,6,9,11,14,17H,1-3,5,7-8H2. The van der Waals surface area contributed by atoms with Gasteiger partial charge in [0.15, 0.2) is 0 Å². The van der Waals surface area contributed by atoms with Crippen molar-refractivity contribution in [3.63, 3.8) is 0 Å². The summed E-state index contributed by atoms with van der Waals surface area (Å²) in [5, 5.41) is 9.90. The Bertz CT molecular complexity index is 389. The second-order valence-corrected chi connectivity index (χ2v) is 4.75. The summed E-state index contributed by atoms with van der Waals surface area (Å²) in [6.07, 6.45) is 3.65. The van der Waals surface area contributed by atoms with Gasteiger partial charge in [-0.25, -0.2) is 8.78 Å². The third kappa shape index (κ3) is 3.50. The Labute approximate surface area is 106 Å². The fourth-order valence-corrected chi connectivity index (χ4v) is 2.31. The molecule has 0 bridgehead atoms. The molecule has 1 N–H and O–H groups in total. The molecule has 0 aromatic heterocycles. The van der Waals surface area contributed by atoms with Gasteiger partial charge in [-0.05, 0) is 38.2 Å². The fraction of sp³-hybridized carbons (Fsp3) is 0.571. The van der Waals surface area contributed by atoms with Gasteiger partial charge >= 0.3 is 0 Å². The molecule has 1 aromatic rings. The normalized spacial score (nSPS) is 21.8. The Hall–Kier alpha value is -1.00. The molecule has 1 aromatic carbocycles. The molecular formula is C14H18F2O2. The van der Waals surface area contributed by atoms with Crippen LogP contribution in [0.4, 0.5) is 8.78 Å². The van der Waals surface area contributed by atoms with Gasteiger partial charge < -0.3 is 9.84 Å². The largest absolute Gasteiger partial charge is 0.388 e. The maximum atomic E-state index is 13.4. The zero-order chi connectivity index (χ0) is 13.0. The van der Waals surface area contributed by atoms with E-state index in [1.165, 1.54) is 12.1 Å². The summed E-state index contributed by atoms with van der Waals surface area (Å²) in [5.41, 5.74) is 0.159. The third-order valence-corrected chi connectivity index (χ3v) is 3.36. The van der Waals surface area contributed by atoms with Gasteiger partial charge in [0.25, 0.3) is 0 Å². The van der Waals surface area contributed by atoms with Crippen molar-refractivity contribution in [1.82, 2.24) is 0 Å². The Balaban J connectivity index is 1.88. The molecule has 0 saturated carbocycles. The Kier molecular flexibility index (Phi) is 4.66. The maximum absolute atomic E-state index is 13.4. The van der Waals surface area contributed by atoms with E-state index in [-0.39, 0.29) is 11.7 Å². The van der Waals surface area contributed by atoms with Crippen molar-refractivity contribution in [2.75, 3.05) is 6.61 Å². The summed E-state index contributed by atoms with van der Waals surface area (Å²) in [7, 11) is 0. The molecule has 2 atom stereocenters. The van der Waals surface area contributed by atoms with Gasteiger partial charge in [-0.15, -0.1) is 0 Å². The van der Waals surface area contributed by atoms with Gasteiger partial charge in [0.1, 0.15) is 11.6 Å². The third-order valence-electron chi connectivity index (χ3n) is 3.36. The SMILES string of the molecule is OC(CCC1CCCCO1)c1ccc(F)cc1F. The first-order valence-corrected chi connectivity index (χ1v) is 6.41. The van der Waals surface area contributed by atoms with Crippen LogP contribution in [0.15, 0.2) is 18.2 Å². The van der Waals surface area contributed by atoms with E-state index in [1.807, 2.05) is 0 Å². The lowest BCUT2D eigenvalue weighted by molar-refractivity contribution is 0.00189. The van der Waals surface area contributed by atoms with Crippen LogP contribution in [0.25, 0.3) is 0 Å². The average Bonchev–Trinajstić information content (AvgIpc) is 2.37. The summed E-state index contributed by atoms with van der Waals surface area (Å²) < 4.78 is 31.7. The van der Waals surface area contributed by atoms with E-state index in [2.05, 4.69) is 0 Å². The lowest BCUT2D eigenvalue weighted by Crippen LogP contribution is -2.19. The van der Waals surface area contributed by atoms with Gasteiger partial charge in [0, 0.05) is 18.2 Å². The Morgan fingerprint density at radius 2 is 2.17 bits per heavy atom. The van der Waals surface area contributed by atoms with Crippen LogP contribution in [0.1, 0.15) is 43.8 Å². The number of aliphatic hydroxyl groups excluding tert-OH is 1. The average molecular weight is 256 g/mol. The van der Waals surface area contributed by atoms with E-state index in [9.17, 15) is 13.9 Å². The van der Waals surface area contributed by atoms with Crippen LogP contribution in [0.2, 0.25) is 0 Å². The topological polar surface area (TPSA) is 29.5 Å². The predicted octanol–water partition coefficient (Wildman–Crippen LogP) is 3.35. The molecule has 1 saturated heterocycles. The van der Waals surface area contributed by atoms with Crippen molar-refractivity contribution < 1.29 is 18.6 Å². The second-order valence-electron chi connectivity index (χ2n) is 4.75. The molecule has 1 aliphatic heterocycles. The first kappa shape index (κ1) is 13.4. The van der Waals surface area contributed by atoms with Crippen LogP contribution in [0.3, 0.4) is 0 Å². The predicted molar refractivity (Wildman–Crippen MR) is 64.1 cm³/mol. The number of aliphatic hydroxyl groups is 1. The molecule has 2 nitrogen and oxygen atoms in total. The van der Waals surface area contributed by atoms with Crippen LogP contribution in [-0.4, -0.2) is 17.8 Å². The van der Waals surface area contributed by atoms with E-state index >= 15 is 0 Å². The monoisotopic (exact) mass is 256 g/mol. The van der Waals surface area contributed by atoms with Crippen LogP contribution in [0.5, 0.6) is 0 Å². The minimum absolute atomic E-state index is 0.159. The number of benzene rings is 1. The molecule has 1 heterocycles. The van der Waals surface area contributed by atoms with E-state index < -0.39 is 17.7 Å². The molecule has 1 aliphatic rings. The Morgan fingerprint density at radius 1 is 1.33 bits per heavy atom. The molecule has 2 unspecified atom stereocenters. The number of hydrogen-bond acceptors (Lipinski definition) is 2. The lowest BCUT2D eigenvalue weighted by atomic mass is 9.99. The highest BCUT2D eigenvalue weighted by atomic mass is 19.1. The van der Waals surface area contributed by atoms with Gasteiger partial charge in [0.2, 0.25) is 0 Å². The van der Waals surface area contributed by atoms with Gasteiger partial charge in [-0.2, -0.15) is 0 Å². The zero-order valence-electron chi connectivity index (χ0n) is 10.2. The van der Waals surface area contributed by atoms with Crippen LogP contribution < -0.4 is 0 Å². The zero-order valence-corrected chi connectivity index (χ0v) is 10.2. The van der Waals surface area contributed by atoms with E-state index in [4.69, 9.17) is 4.74 Å². The maximum Gasteiger partial charge on any atom is 0.131 e. The molecular weight excluding hydrogens is 238 g/mol. The molecule has 0 radical (unpaired) electrons. The van der Waals surface area contributed by atoms with Gasteiger partial charge in [-0.3, -0.25) is 0 Å². The van der Waals surface area contributed by atoms with Gasteiger partial charge in [-0.1, -0.05) is 6.07 Å². The minimum atomic E-state index is -0.892. The highest BCUT2D eigenvalue weighted by Crippen LogP contribution is 2.25. The van der Waals surface area contributed by atoms with Crippen molar-refractivity contribution in [2.24, 2.45) is 0 Å². The highest BCUT2D eigenvalue weighted by molar-refractivity contribution is 5.20. The molecule has 4 heteroatoms. The number of halogens is 2. The Morgan fingerprint density at radius 3 is 2.83 bits per heavy atom. The second kappa shape index (κ2) is 6.25. The van der Waals surface area contributed by atoms with Crippen molar-refractivity contribution in [1.29, 1.82) is 0 Å². The number of hydrogen-bond donors (Lipinski definition) is 1. The number of rotatable bonds is 4. The van der Waals surface area contributed by atoms with E-state index in [0.717, 1.165) is 31.9 Å². The van der Waals surface area contributed by atoms with Crippen molar-refractivity contribution in [2.45, 2.75) is 44.3 Å². The van der Waals surface area contributed by atoms with Crippen LogP contribution in [-0.2, 0) is 4.74 Å². The van der Waals surface area contributed by atoms with Crippen molar-refractivity contribution in [3.05, 3.63) is 35.4 Å². The van der Waals surface area contributed by atoms with E-state index in [0.29, 0.717) is 12.8 Å². The summed E-state index contributed by atoms with van der Waals surface area (Å²) in [6, 6.07) is 3.27. The first-order chi connectivity index (χ1) is 8.66. The van der Waals surface area contributed by atoms with E-state index in [1.54, 1.807) is 0 Å². The smallest absolute Gasteiger partial charge is 0.131 e. The highest BCUT2D eigenvalue weighted by Gasteiger charge is 2.18. The summed E-state index contributed by atoms with van der Waals surface area (Å²) >= 11 is 0. The molecule has 0 amide bonds. The molecule has 0 spiro atoms. The van der Waals surface area contributed by atoms with Crippen LogP contribution >= 0.6 is 0 Å². The van der Waals surface area contributed by atoms with Gasteiger partial charge in [0.05, 0.1) is 12.2 Å². The minimum Gasteiger partial charge on any atom is -0.388 e. The molecule has 18 heavy (non-hydrogen) atoms. The number of ether oxygens (including phenoxy) is 1. The summed E-state index contributed by atoms with van der Waals surface area (Å²) in [4.78, 5) is 0. The quantitative estimate of drug-likeness (QED) is 0.895. The molecule has 100 valence electrons. The van der Waals surface area contributed by atoms with Crippen molar-refractivity contribution >= 4 is 0 Å². The van der Waals surface area contributed by atoms with Crippen LogP contribution in [0, 0.1) is 11.6 Å². The summed E-state index contributed by atoms with van der Waals surface area (Å²) in [5.74, 6) is -1.31.